The SMILES string of the molecule is CC(=O)N[C@H]1CCN(c2cc(CC(=O)c3ccc(C(C)(C)O)cc3)nc3ccnn23)C1. The maximum absolute atomic E-state index is 12.9. The molecule has 1 atom stereocenters. The van der Waals surface area contributed by atoms with Gasteiger partial charge >= 0.3 is 0 Å². The lowest BCUT2D eigenvalue weighted by Crippen LogP contribution is -2.36. The summed E-state index contributed by atoms with van der Waals surface area (Å²) in [5.74, 6) is 0.790. The van der Waals surface area contributed by atoms with Crippen molar-refractivity contribution in [2.75, 3.05) is 18.0 Å². The molecule has 0 aliphatic carbocycles. The first-order chi connectivity index (χ1) is 14.7. The predicted octanol–water partition coefficient (Wildman–Crippen LogP) is 2.10. The smallest absolute Gasteiger partial charge is 0.217 e. The van der Waals surface area contributed by atoms with Crippen molar-refractivity contribution in [2.24, 2.45) is 0 Å². The first-order valence-electron chi connectivity index (χ1n) is 10.4. The Hall–Kier alpha value is -3.26. The van der Waals surface area contributed by atoms with Crippen LogP contribution < -0.4 is 10.2 Å². The maximum Gasteiger partial charge on any atom is 0.217 e. The van der Waals surface area contributed by atoms with Crippen LogP contribution in [0, 0.1) is 0 Å². The first-order valence-corrected chi connectivity index (χ1v) is 10.4. The number of carbonyl (C=O) groups excluding carboxylic acids is 2. The number of hydrogen-bond donors (Lipinski definition) is 2. The summed E-state index contributed by atoms with van der Waals surface area (Å²) in [5.41, 5.74) is 1.74. The van der Waals surface area contributed by atoms with E-state index in [0.717, 1.165) is 24.3 Å². The number of benzene rings is 1. The van der Waals surface area contributed by atoms with Crippen LogP contribution in [0.4, 0.5) is 5.82 Å². The number of ketones is 1. The summed E-state index contributed by atoms with van der Waals surface area (Å²) >= 11 is 0. The summed E-state index contributed by atoms with van der Waals surface area (Å²) < 4.78 is 1.77. The number of fused-ring (bicyclic) bond motifs is 1. The fourth-order valence-corrected chi connectivity index (χ4v) is 3.97. The Labute approximate surface area is 180 Å². The second-order valence-electron chi connectivity index (χ2n) is 8.58. The molecule has 1 saturated heterocycles. The molecule has 0 unspecified atom stereocenters. The molecule has 0 bridgehead atoms. The number of carbonyl (C=O) groups is 2. The van der Waals surface area contributed by atoms with Gasteiger partial charge in [-0.3, -0.25) is 9.59 Å². The zero-order valence-electron chi connectivity index (χ0n) is 18.0. The van der Waals surface area contributed by atoms with Gasteiger partial charge in [0.1, 0.15) is 5.82 Å². The highest BCUT2D eigenvalue weighted by molar-refractivity contribution is 5.97. The number of anilines is 1. The molecule has 0 radical (unpaired) electrons. The van der Waals surface area contributed by atoms with E-state index in [1.165, 1.54) is 6.92 Å². The highest BCUT2D eigenvalue weighted by Gasteiger charge is 2.26. The second-order valence-corrected chi connectivity index (χ2v) is 8.58. The Balaban J connectivity index is 1.56. The van der Waals surface area contributed by atoms with Crippen molar-refractivity contribution < 1.29 is 14.7 Å². The van der Waals surface area contributed by atoms with Crippen molar-refractivity contribution in [3.05, 3.63) is 59.4 Å². The lowest BCUT2D eigenvalue weighted by Gasteiger charge is -2.20. The van der Waals surface area contributed by atoms with Gasteiger partial charge in [0.15, 0.2) is 11.4 Å². The van der Waals surface area contributed by atoms with Crippen molar-refractivity contribution in [3.8, 4) is 0 Å². The molecule has 0 saturated carbocycles. The minimum absolute atomic E-state index is 0.0345. The fourth-order valence-electron chi connectivity index (χ4n) is 3.97. The third-order valence-corrected chi connectivity index (χ3v) is 5.57. The number of amides is 1. The third-order valence-electron chi connectivity index (χ3n) is 5.57. The van der Waals surface area contributed by atoms with Gasteiger partial charge in [0, 0.05) is 43.8 Å². The minimum atomic E-state index is -0.949. The number of nitrogens with one attached hydrogen (secondary N) is 1. The molecule has 8 nitrogen and oxygen atoms in total. The van der Waals surface area contributed by atoms with Crippen molar-refractivity contribution in [1.29, 1.82) is 0 Å². The molecular formula is C23H27N5O3. The average molecular weight is 422 g/mol. The van der Waals surface area contributed by atoms with E-state index in [1.807, 2.05) is 12.1 Å². The molecule has 2 N–H and O–H groups in total. The van der Waals surface area contributed by atoms with Crippen molar-refractivity contribution >= 4 is 23.2 Å². The van der Waals surface area contributed by atoms with Crippen LogP contribution in [0.15, 0.2) is 42.6 Å². The highest BCUT2D eigenvalue weighted by atomic mass is 16.3. The van der Waals surface area contributed by atoms with Crippen LogP contribution in [-0.2, 0) is 16.8 Å². The van der Waals surface area contributed by atoms with E-state index in [-0.39, 0.29) is 24.2 Å². The Kier molecular flexibility index (Phi) is 5.49. The van der Waals surface area contributed by atoms with Crippen LogP contribution in [0.25, 0.3) is 5.65 Å². The standard InChI is InChI=1S/C23H27N5O3/c1-15(29)25-18-9-11-27(14-18)22-13-19(26-21-8-10-24-28(21)22)12-20(30)16-4-6-17(7-5-16)23(2,3)31/h4-8,10,13,18,31H,9,11-12,14H2,1-3H3,(H,25,29)/t18-/m0/s1. The van der Waals surface area contributed by atoms with E-state index in [2.05, 4.69) is 20.3 Å². The normalized spacial score (nSPS) is 16.6. The summed E-state index contributed by atoms with van der Waals surface area (Å²) in [7, 11) is 0. The molecule has 3 heterocycles. The number of aliphatic hydroxyl groups is 1. The Morgan fingerprint density at radius 3 is 2.65 bits per heavy atom. The van der Waals surface area contributed by atoms with Gasteiger partial charge < -0.3 is 15.3 Å². The zero-order valence-corrected chi connectivity index (χ0v) is 18.0. The van der Waals surface area contributed by atoms with Crippen LogP contribution in [0.2, 0.25) is 0 Å². The van der Waals surface area contributed by atoms with Gasteiger partial charge in [0.05, 0.1) is 23.9 Å². The van der Waals surface area contributed by atoms with E-state index in [9.17, 15) is 14.7 Å². The molecule has 162 valence electrons. The van der Waals surface area contributed by atoms with E-state index in [4.69, 9.17) is 0 Å². The number of aromatic nitrogens is 3. The molecule has 1 amide bonds. The summed E-state index contributed by atoms with van der Waals surface area (Å²) in [5, 5.41) is 17.4. The Morgan fingerprint density at radius 2 is 1.97 bits per heavy atom. The first kappa shape index (κ1) is 21.0. The number of hydrogen-bond acceptors (Lipinski definition) is 6. The monoisotopic (exact) mass is 421 g/mol. The largest absolute Gasteiger partial charge is 0.386 e. The molecule has 8 heteroatoms. The van der Waals surface area contributed by atoms with E-state index >= 15 is 0 Å². The number of rotatable bonds is 6. The van der Waals surface area contributed by atoms with E-state index in [1.54, 1.807) is 48.8 Å². The van der Waals surface area contributed by atoms with Crippen molar-refractivity contribution in [2.45, 2.75) is 45.3 Å². The summed E-state index contributed by atoms with van der Waals surface area (Å²) in [6.45, 7) is 6.43. The minimum Gasteiger partial charge on any atom is -0.386 e. The highest BCUT2D eigenvalue weighted by Crippen LogP contribution is 2.24. The number of Topliss-reactive ketones (excluding diaryl/α,β-unsaturated/α-hetero) is 1. The third kappa shape index (κ3) is 4.59. The van der Waals surface area contributed by atoms with Gasteiger partial charge in [-0.15, -0.1) is 0 Å². The molecule has 0 spiro atoms. The molecule has 31 heavy (non-hydrogen) atoms. The molecule has 1 aliphatic heterocycles. The van der Waals surface area contributed by atoms with Crippen LogP contribution in [0.3, 0.4) is 0 Å². The lowest BCUT2D eigenvalue weighted by atomic mass is 9.96. The molecule has 2 aromatic heterocycles. The van der Waals surface area contributed by atoms with Gasteiger partial charge in [-0.2, -0.15) is 9.61 Å². The van der Waals surface area contributed by atoms with Crippen molar-refractivity contribution in [3.63, 3.8) is 0 Å². The molecule has 1 fully saturated rings. The zero-order chi connectivity index (χ0) is 22.2. The van der Waals surface area contributed by atoms with Gasteiger partial charge in [-0.05, 0) is 25.8 Å². The fraction of sp³-hybridized carbons (Fsp3) is 0.391. The van der Waals surface area contributed by atoms with Crippen LogP contribution >= 0.6 is 0 Å². The predicted molar refractivity (Wildman–Crippen MR) is 117 cm³/mol. The van der Waals surface area contributed by atoms with Gasteiger partial charge in [-0.25, -0.2) is 4.98 Å². The Morgan fingerprint density at radius 1 is 1.23 bits per heavy atom. The molecule has 3 aromatic rings. The van der Waals surface area contributed by atoms with Crippen LogP contribution in [0.1, 0.15) is 48.8 Å². The van der Waals surface area contributed by atoms with Gasteiger partial charge in [0.2, 0.25) is 5.91 Å². The van der Waals surface area contributed by atoms with E-state index < -0.39 is 5.60 Å². The topological polar surface area (TPSA) is 99.8 Å². The summed E-state index contributed by atoms with van der Waals surface area (Å²) in [4.78, 5) is 31.0. The van der Waals surface area contributed by atoms with Crippen molar-refractivity contribution in [1.82, 2.24) is 19.9 Å². The molecular weight excluding hydrogens is 394 g/mol. The lowest BCUT2D eigenvalue weighted by molar-refractivity contribution is -0.119. The summed E-state index contributed by atoms with van der Waals surface area (Å²) in [6.07, 6.45) is 2.71. The van der Waals surface area contributed by atoms with Gasteiger partial charge in [-0.1, -0.05) is 24.3 Å². The van der Waals surface area contributed by atoms with E-state index in [0.29, 0.717) is 23.4 Å². The quantitative estimate of drug-likeness (QED) is 0.592. The Bertz CT molecular complexity index is 1110. The maximum atomic E-state index is 12.9. The number of nitrogens with zero attached hydrogens (tertiary/aromatic N) is 4. The van der Waals surface area contributed by atoms with Crippen LogP contribution in [0.5, 0.6) is 0 Å². The molecule has 4 rings (SSSR count). The van der Waals surface area contributed by atoms with Gasteiger partial charge in [0.25, 0.3) is 0 Å². The second kappa shape index (κ2) is 8.11. The molecule has 1 aromatic carbocycles. The summed E-state index contributed by atoms with van der Waals surface area (Å²) in [6, 6.07) is 10.8. The molecule has 1 aliphatic rings. The van der Waals surface area contributed by atoms with Crippen LogP contribution in [-0.4, -0.2) is 50.5 Å². The average Bonchev–Trinajstić information content (AvgIpc) is 3.35.